The van der Waals surface area contributed by atoms with Crippen molar-refractivity contribution in [2.45, 2.75) is 24.8 Å². The zero-order valence-corrected chi connectivity index (χ0v) is 15.7. The number of carbonyl (C=O) groups excluding carboxylic acids is 1. The van der Waals surface area contributed by atoms with E-state index in [1.165, 1.54) is 11.8 Å². The summed E-state index contributed by atoms with van der Waals surface area (Å²) >= 11 is 1.33. The summed E-state index contributed by atoms with van der Waals surface area (Å²) in [6.07, 6.45) is 1.86. The molecule has 3 aromatic rings. The van der Waals surface area contributed by atoms with Gasteiger partial charge in [0.15, 0.2) is 0 Å². The van der Waals surface area contributed by atoms with Crippen molar-refractivity contribution in [1.29, 1.82) is 0 Å². The largest absolute Gasteiger partial charge is 0.350 e. The predicted octanol–water partition coefficient (Wildman–Crippen LogP) is 3.02. The average Bonchev–Trinajstić information content (AvgIpc) is 3.08. The normalized spacial score (nSPS) is 13.1. The SMILES string of the molecule is CSC(C#Cc1ccccc1)(C(=O)NC(C)C)n1nnc2ccccc21. The Morgan fingerprint density at radius 1 is 1.15 bits per heavy atom. The van der Waals surface area contributed by atoms with E-state index >= 15 is 0 Å². The lowest BCUT2D eigenvalue weighted by Crippen LogP contribution is -2.48. The number of thioether (sulfide) groups is 1. The molecule has 0 fully saturated rings. The molecule has 2 aromatic carbocycles. The van der Waals surface area contributed by atoms with Crippen LogP contribution in [0.15, 0.2) is 54.6 Å². The number of benzene rings is 2. The summed E-state index contributed by atoms with van der Waals surface area (Å²) in [6, 6.07) is 17.2. The molecule has 5 nitrogen and oxygen atoms in total. The third kappa shape index (κ3) is 3.44. The summed E-state index contributed by atoms with van der Waals surface area (Å²) in [4.78, 5) is 11.9. The van der Waals surface area contributed by atoms with Crippen molar-refractivity contribution in [3.63, 3.8) is 0 Å². The molecule has 0 aliphatic rings. The number of hydrogen-bond acceptors (Lipinski definition) is 4. The van der Waals surface area contributed by atoms with Gasteiger partial charge in [-0.25, -0.2) is 4.68 Å². The molecule has 0 spiro atoms. The molecule has 1 amide bonds. The summed E-state index contributed by atoms with van der Waals surface area (Å²) in [5.41, 5.74) is 2.33. The second-order valence-electron chi connectivity index (χ2n) is 6.08. The van der Waals surface area contributed by atoms with E-state index in [1.807, 2.05) is 74.7 Å². The molecular formula is C20H20N4OS. The zero-order chi connectivity index (χ0) is 18.6. The Bertz CT molecular complexity index is 971. The van der Waals surface area contributed by atoms with Crippen LogP contribution in [0, 0.1) is 11.8 Å². The van der Waals surface area contributed by atoms with Crippen LogP contribution < -0.4 is 5.32 Å². The minimum absolute atomic E-state index is 0.0117. The number of para-hydroxylation sites is 1. The molecule has 1 atom stereocenters. The summed E-state index contributed by atoms with van der Waals surface area (Å²) < 4.78 is 1.61. The summed E-state index contributed by atoms with van der Waals surface area (Å²) in [5, 5.41) is 11.4. The van der Waals surface area contributed by atoms with Crippen LogP contribution >= 0.6 is 11.8 Å². The number of rotatable bonds is 4. The number of nitrogens with zero attached hydrogens (tertiary/aromatic N) is 3. The first-order chi connectivity index (χ1) is 12.6. The number of hydrogen-bond donors (Lipinski definition) is 1. The Hall–Kier alpha value is -2.78. The molecule has 1 N–H and O–H groups in total. The van der Waals surface area contributed by atoms with Crippen molar-refractivity contribution in [1.82, 2.24) is 20.3 Å². The van der Waals surface area contributed by atoms with Crippen molar-refractivity contribution >= 4 is 28.7 Å². The van der Waals surface area contributed by atoms with Crippen molar-refractivity contribution in [2.75, 3.05) is 6.26 Å². The topological polar surface area (TPSA) is 59.8 Å². The van der Waals surface area contributed by atoms with Crippen molar-refractivity contribution in [3.05, 3.63) is 60.2 Å². The van der Waals surface area contributed by atoms with Gasteiger partial charge in [0.2, 0.25) is 4.87 Å². The van der Waals surface area contributed by atoms with E-state index < -0.39 is 4.87 Å². The van der Waals surface area contributed by atoms with Crippen LogP contribution in [0.1, 0.15) is 19.4 Å². The third-order valence-corrected chi connectivity index (χ3v) is 4.87. The van der Waals surface area contributed by atoms with Gasteiger partial charge in [0, 0.05) is 11.6 Å². The molecule has 1 aromatic heterocycles. The van der Waals surface area contributed by atoms with E-state index in [0.717, 1.165) is 16.6 Å². The van der Waals surface area contributed by atoms with E-state index in [-0.39, 0.29) is 11.9 Å². The third-order valence-electron chi connectivity index (χ3n) is 3.82. The Morgan fingerprint density at radius 2 is 1.85 bits per heavy atom. The molecule has 6 heteroatoms. The molecule has 0 aliphatic carbocycles. The predicted molar refractivity (Wildman–Crippen MR) is 106 cm³/mol. The molecule has 3 rings (SSSR count). The smallest absolute Gasteiger partial charge is 0.271 e. The van der Waals surface area contributed by atoms with Crippen LogP contribution in [0.25, 0.3) is 11.0 Å². The molecule has 132 valence electrons. The lowest BCUT2D eigenvalue weighted by Gasteiger charge is -2.27. The van der Waals surface area contributed by atoms with E-state index in [2.05, 4.69) is 27.5 Å². The first-order valence-corrected chi connectivity index (χ1v) is 9.54. The Kier molecular flexibility index (Phi) is 5.29. The van der Waals surface area contributed by atoms with E-state index in [9.17, 15) is 4.79 Å². The van der Waals surface area contributed by atoms with Crippen LogP contribution in [-0.4, -0.2) is 33.2 Å². The lowest BCUT2D eigenvalue weighted by molar-refractivity contribution is -0.124. The molecule has 0 radical (unpaired) electrons. The summed E-state index contributed by atoms with van der Waals surface area (Å²) in [6.45, 7) is 3.85. The fraction of sp³-hybridized carbons (Fsp3) is 0.250. The highest BCUT2D eigenvalue weighted by molar-refractivity contribution is 8.00. The average molecular weight is 364 g/mol. The molecule has 0 saturated carbocycles. The molecular weight excluding hydrogens is 344 g/mol. The Labute approximate surface area is 157 Å². The van der Waals surface area contributed by atoms with Gasteiger partial charge in [-0.3, -0.25) is 4.79 Å². The zero-order valence-electron chi connectivity index (χ0n) is 14.9. The fourth-order valence-corrected chi connectivity index (χ4v) is 3.28. The Morgan fingerprint density at radius 3 is 2.54 bits per heavy atom. The van der Waals surface area contributed by atoms with Crippen LogP contribution in [0.3, 0.4) is 0 Å². The summed E-state index contributed by atoms with van der Waals surface area (Å²) in [7, 11) is 0. The number of carbonyl (C=O) groups is 1. The van der Waals surface area contributed by atoms with E-state index in [0.29, 0.717) is 0 Å². The van der Waals surface area contributed by atoms with Crippen molar-refractivity contribution in [3.8, 4) is 11.8 Å². The number of amides is 1. The van der Waals surface area contributed by atoms with Gasteiger partial charge >= 0.3 is 0 Å². The van der Waals surface area contributed by atoms with E-state index in [1.54, 1.807) is 4.68 Å². The molecule has 26 heavy (non-hydrogen) atoms. The number of aromatic nitrogens is 3. The number of fused-ring (bicyclic) bond motifs is 1. The van der Waals surface area contributed by atoms with E-state index in [4.69, 9.17) is 0 Å². The highest BCUT2D eigenvalue weighted by atomic mass is 32.2. The van der Waals surface area contributed by atoms with Gasteiger partial charge in [-0.05, 0) is 50.3 Å². The van der Waals surface area contributed by atoms with Gasteiger partial charge in [-0.2, -0.15) is 0 Å². The van der Waals surface area contributed by atoms with Gasteiger partial charge in [0.25, 0.3) is 5.91 Å². The first-order valence-electron chi connectivity index (χ1n) is 8.32. The maximum Gasteiger partial charge on any atom is 0.271 e. The summed E-state index contributed by atoms with van der Waals surface area (Å²) in [5.74, 6) is 6.07. The van der Waals surface area contributed by atoms with Gasteiger partial charge in [0.1, 0.15) is 5.52 Å². The fourth-order valence-electron chi connectivity index (χ4n) is 2.58. The highest BCUT2D eigenvalue weighted by Crippen LogP contribution is 2.31. The lowest BCUT2D eigenvalue weighted by atomic mass is 10.1. The monoisotopic (exact) mass is 364 g/mol. The number of nitrogens with one attached hydrogen (secondary N) is 1. The second-order valence-corrected chi connectivity index (χ2v) is 7.08. The highest BCUT2D eigenvalue weighted by Gasteiger charge is 2.41. The molecule has 1 heterocycles. The molecule has 0 saturated heterocycles. The minimum Gasteiger partial charge on any atom is -0.350 e. The first kappa shape index (κ1) is 18.0. The standard InChI is InChI=1S/C20H20N4OS/c1-15(2)21-19(25)20(26-3,14-13-16-9-5-4-6-10-16)24-18-12-8-7-11-17(18)22-23-24/h4-12,15H,1-3H3,(H,21,25). The van der Waals surface area contributed by atoms with Crippen LogP contribution in [0.5, 0.6) is 0 Å². The Balaban J connectivity index is 2.18. The van der Waals surface area contributed by atoms with Crippen molar-refractivity contribution < 1.29 is 4.79 Å². The maximum atomic E-state index is 13.1. The van der Waals surface area contributed by atoms with Gasteiger partial charge < -0.3 is 5.32 Å². The van der Waals surface area contributed by atoms with Gasteiger partial charge in [-0.1, -0.05) is 41.5 Å². The van der Waals surface area contributed by atoms with Crippen LogP contribution in [0.2, 0.25) is 0 Å². The second kappa shape index (κ2) is 7.63. The molecule has 1 unspecified atom stereocenters. The van der Waals surface area contributed by atoms with Gasteiger partial charge in [0.05, 0.1) is 5.52 Å². The van der Waals surface area contributed by atoms with Crippen LogP contribution in [-0.2, 0) is 9.67 Å². The van der Waals surface area contributed by atoms with Crippen LogP contribution in [0.4, 0.5) is 0 Å². The maximum absolute atomic E-state index is 13.1. The van der Waals surface area contributed by atoms with Gasteiger partial charge in [-0.15, -0.1) is 16.9 Å². The quantitative estimate of drug-likeness (QED) is 0.723. The van der Waals surface area contributed by atoms with Crippen molar-refractivity contribution in [2.24, 2.45) is 0 Å². The minimum atomic E-state index is -1.21. The molecule has 0 bridgehead atoms. The molecule has 0 aliphatic heterocycles.